The third-order valence-electron chi connectivity index (χ3n) is 2.85. The van der Waals surface area contributed by atoms with Crippen molar-refractivity contribution in [3.05, 3.63) is 12.3 Å². The van der Waals surface area contributed by atoms with Gasteiger partial charge in [0.1, 0.15) is 24.5 Å². The zero-order chi connectivity index (χ0) is 12.6. The monoisotopic (exact) mass is 245 g/mol. The molecule has 0 aromatic heterocycles. The molecule has 96 valence electrons. The number of carbonyl (C=O) groups excluding carboxylic acids is 1. The molecule has 17 heavy (non-hydrogen) atoms. The van der Waals surface area contributed by atoms with Crippen molar-refractivity contribution < 1.29 is 24.9 Å². The van der Waals surface area contributed by atoms with Crippen molar-refractivity contribution in [1.29, 1.82) is 0 Å². The van der Waals surface area contributed by atoms with Gasteiger partial charge in [-0.3, -0.25) is 4.90 Å². The van der Waals surface area contributed by atoms with Crippen LogP contribution in [0.1, 0.15) is 0 Å². The first-order chi connectivity index (χ1) is 8.06. The van der Waals surface area contributed by atoms with E-state index in [1.54, 1.807) is 0 Å². The molecule has 6 N–H and O–H groups in total. The Hall–Kier alpha value is -1.19. The quantitative estimate of drug-likeness (QED) is 0.359. The van der Waals surface area contributed by atoms with E-state index < -0.39 is 43.3 Å². The molecule has 8 nitrogen and oxygen atoms in total. The first-order valence-electron chi connectivity index (χ1n) is 5.20. The molecule has 2 heterocycles. The van der Waals surface area contributed by atoms with Gasteiger partial charge < -0.3 is 31.1 Å². The first-order valence-corrected chi connectivity index (χ1v) is 5.20. The third-order valence-corrected chi connectivity index (χ3v) is 2.85. The predicted octanol–water partition coefficient (Wildman–Crippen LogP) is -2.75. The van der Waals surface area contributed by atoms with Crippen LogP contribution in [0.25, 0.3) is 0 Å². The normalized spacial score (nSPS) is 41.8. The van der Waals surface area contributed by atoms with E-state index in [1.165, 1.54) is 12.3 Å². The van der Waals surface area contributed by atoms with Crippen LogP contribution >= 0.6 is 0 Å². The van der Waals surface area contributed by atoms with Gasteiger partial charge in [0.2, 0.25) is 0 Å². The highest BCUT2D eigenvalue weighted by molar-refractivity contribution is 5.77. The molecule has 2 aliphatic heterocycles. The molecule has 0 aromatic carbocycles. The second-order valence-electron chi connectivity index (χ2n) is 3.94. The number of nitrogens with one attached hydrogen (secondary N) is 1. The van der Waals surface area contributed by atoms with Crippen molar-refractivity contribution in [3.8, 4) is 0 Å². The molecule has 2 aliphatic rings. The van der Waals surface area contributed by atoms with Crippen LogP contribution in [-0.4, -0.2) is 63.6 Å². The van der Waals surface area contributed by atoms with Crippen LogP contribution in [0, 0.1) is 0 Å². The lowest BCUT2D eigenvalue weighted by atomic mass is 10.1. The number of hydrogen-bond donors (Lipinski definition) is 5. The minimum absolute atomic E-state index is 0.449. The number of hydrogen-bond acceptors (Lipinski definition) is 6. The van der Waals surface area contributed by atoms with Crippen molar-refractivity contribution >= 4 is 6.03 Å². The fourth-order valence-corrected chi connectivity index (χ4v) is 1.92. The lowest BCUT2D eigenvalue weighted by Gasteiger charge is -2.35. The fourth-order valence-electron chi connectivity index (χ4n) is 1.92. The van der Waals surface area contributed by atoms with Gasteiger partial charge in [-0.05, 0) is 6.08 Å². The number of nitrogens with zero attached hydrogens (tertiary/aromatic N) is 1. The van der Waals surface area contributed by atoms with Crippen molar-refractivity contribution in [2.24, 2.45) is 5.73 Å². The summed E-state index contributed by atoms with van der Waals surface area (Å²) in [5, 5.41) is 30.7. The Balaban J connectivity index is 2.17. The second-order valence-corrected chi connectivity index (χ2v) is 3.94. The third kappa shape index (κ3) is 2.01. The molecule has 0 aliphatic carbocycles. The Morgan fingerprint density at radius 2 is 2.18 bits per heavy atom. The smallest absolute Gasteiger partial charge is 0.325 e. The molecule has 8 heteroatoms. The van der Waals surface area contributed by atoms with Crippen LogP contribution in [0.2, 0.25) is 0 Å². The Morgan fingerprint density at radius 3 is 2.71 bits per heavy atom. The van der Waals surface area contributed by atoms with E-state index in [-0.39, 0.29) is 0 Å². The number of amides is 2. The van der Waals surface area contributed by atoms with Crippen LogP contribution in [0.4, 0.5) is 4.79 Å². The van der Waals surface area contributed by atoms with Crippen molar-refractivity contribution in [3.63, 3.8) is 0 Å². The Labute approximate surface area is 97.3 Å². The van der Waals surface area contributed by atoms with Gasteiger partial charge in [-0.1, -0.05) is 0 Å². The van der Waals surface area contributed by atoms with Gasteiger partial charge in [0.15, 0.2) is 6.23 Å². The lowest BCUT2D eigenvalue weighted by molar-refractivity contribution is -0.0869. The molecular weight excluding hydrogens is 230 g/mol. The Morgan fingerprint density at radius 1 is 1.47 bits per heavy atom. The van der Waals surface area contributed by atoms with E-state index in [2.05, 4.69) is 5.32 Å². The molecule has 0 radical (unpaired) electrons. The summed E-state index contributed by atoms with van der Waals surface area (Å²) in [5.74, 6) is 0. The summed E-state index contributed by atoms with van der Waals surface area (Å²) in [4.78, 5) is 12.7. The first kappa shape index (κ1) is 12.3. The summed E-state index contributed by atoms with van der Waals surface area (Å²) in [6.45, 7) is -0.449. The van der Waals surface area contributed by atoms with Crippen LogP contribution in [0.5, 0.6) is 0 Å². The topological polar surface area (TPSA) is 128 Å². The van der Waals surface area contributed by atoms with Crippen LogP contribution < -0.4 is 11.1 Å². The number of rotatable bonds is 2. The van der Waals surface area contributed by atoms with E-state index in [0.717, 1.165) is 4.90 Å². The summed E-state index contributed by atoms with van der Waals surface area (Å²) in [7, 11) is 0. The predicted molar refractivity (Wildman–Crippen MR) is 55.2 cm³/mol. The average molecular weight is 245 g/mol. The van der Waals surface area contributed by atoms with Crippen molar-refractivity contribution in [2.75, 3.05) is 6.61 Å². The van der Waals surface area contributed by atoms with Gasteiger partial charge in [-0.15, -0.1) is 0 Å². The van der Waals surface area contributed by atoms with Crippen molar-refractivity contribution in [1.82, 2.24) is 10.2 Å². The number of nitrogens with two attached hydrogens (primary N) is 1. The molecule has 1 saturated heterocycles. The fraction of sp³-hybridized carbons (Fsp3) is 0.667. The molecule has 0 spiro atoms. The average Bonchev–Trinajstić information content (AvgIpc) is 2.57. The minimum Gasteiger partial charge on any atom is -0.394 e. The van der Waals surface area contributed by atoms with E-state index in [9.17, 15) is 15.0 Å². The maximum absolute atomic E-state index is 11.6. The second kappa shape index (κ2) is 4.59. The standard InChI is InChI=1S/C9H15N3O5/c10-5-1-2-11-9(16)12(5)8-7(15)6(14)4(3-13)17-8/h1-2,4-8,13-15H,3,10H2,(H,11,16)/t4-,5?,6-,7+,8-/m1/s1. The van der Waals surface area contributed by atoms with Crippen LogP contribution in [0.15, 0.2) is 12.3 Å². The van der Waals surface area contributed by atoms with Gasteiger partial charge in [-0.25, -0.2) is 4.79 Å². The zero-order valence-electron chi connectivity index (χ0n) is 8.93. The van der Waals surface area contributed by atoms with Crippen LogP contribution in [-0.2, 0) is 4.74 Å². The zero-order valence-corrected chi connectivity index (χ0v) is 8.93. The maximum atomic E-state index is 11.6. The van der Waals surface area contributed by atoms with E-state index in [0.29, 0.717) is 0 Å². The molecule has 2 amide bonds. The number of carbonyl (C=O) groups is 1. The largest absolute Gasteiger partial charge is 0.394 e. The van der Waals surface area contributed by atoms with Crippen molar-refractivity contribution in [2.45, 2.75) is 30.7 Å². The number of ether oxygens (including phenoxy) is 1. The maximum Gasteiger partial charge on any atom is 0.325 e. The molecule has 1 fully saturated rings. The van der Waals surface area contributed by atoms with E-state index in [1.807, 2.05) is 0 Å². The highest BCUT2D eigenvalue weighted by Gasteiger charge is 2.48. The highest BCUT2D eigenvalue weighted by atomic mass is 16.6. The molecule has 0 bridgehead atoms. The Bertz CT molecular complexity index is 337. The number of aliphatic hydroxyl groups excluding tert-OH is 3. The van der Waals surface area contributed by atoms with Gasteiger partial charge in [0.25, 0.3) is 0 Å². The summed E-state index contributed by atoms with van der Waals surface area (Å²) in [5.41, 5.74) is 5.69. The van der Waals surface area contributed by atoms with Gasteiger partial charge in [-0.2, -0.15) is 0 Å². The SMILES string of the molecule is NC1C=CNC(=O)N1[C@@H]1O[C@H](CO)[C@@H](O)[C@@H]1O. The number of urea groups is 1. The van der Waals surface area contributed by atoms with Gasteiger partial charge >= 0.3 is 6.03 Å². The summed E-state index contributed by atoms with van der Waals surface area (Å²) >= 11 is 0. The number of aliphatic hydroxyl groups is 3. The van der Waals surface area contributed by atoms with E-state index >= 15 is 0 Å². The van der Waals surface area contributed by atoms with Crippen LogP contribution in [0.3, 0.4) is 0 Å². The van der Waals surface area contributed by atoms with Gasteiger partial charge in [0, 0.05) is 6.20 Å². The molecule has 5 atom stereocenters. The highest BCUT2D eigenvalue weighted by Crippen LogP contribution is 2.25. The van der Waals surface area contributed by atoms with Gasteiger partial charge in [0.05, 0.1) is 6.61 Å². The summed E-state index contributed by atoms with van der Waals surface area (Å²) in [6.07, 6.45) is -2.43. The Kier molecular flexibility index (Phi) is 3.31. The molecule has 0 saturated carbocycles. The minimum atomic E-state index is -1.31. The molecule has 0 aromatic rings. The molecule has 2 rings (SSSR count). The van der Waals surface area contributed by atoms with E-state index in [4.69, 9.17) is 15.6 Å². The molecular formula is C9H15N3O5. The summed E-state index contributed by atoms with van der Waals surface area (Å²) < 4.78 is 5.22. The molecule has 1 unspecified atom stereocenters. The summed E-state index contributed by atoms with van der Waals surface area (Å²) in [6, 6.07) is -0.533. The lowest BCUT2D eigenvalue weighted by Crippen LogP contribution is -2.59.